The second-order valence-electron chi connectivity index (χ2n) is 7.10. The second kappa shape index (κ2) is 8.86. The number of pyridine rings is 1. The largest absolute Gasteiger partial charge is 0.441 e. The van der Waals surface area contributed by atoms with Gasteiger partial charge in [0.25, 0.3) is 0 Å². The van der Waals surface area contributed by atoms with Crippen molar-refractivity contribution in [3.05, 3.63) is 60.5 Å². The maximum absolute atomic E-state index is 13.8. The zero-order chi connectivity index (χ0) is 20.1. The van der Waals surface area contributed by atoms with Gasteiger partial charge in [-0.2, -0.15) is 0 Å². The van der Waals surface area contributed by atoms with E-state index in [0.717, 1.165) is 18.9 Å². The van der Waals surface area contributed by atoms with Gasteiger partial charge in [-0.1, -0.05) is 12.1 Å². The van der Waals surface area contributed by atoms with E-state index in [1.807, 2.05) is 12.1 Å². The van der Waals surface area contributed by atoms with E-state index in [1.54, 1.807) is 24.4 Å². The summed E-state index contributed by atoms with van der Waals surface area (Å²) < 4.78 is 19.4. The molecule has 6 nitrogen and oxygen atoms in total. The van der Waals surface area contributed by atoms with Crippen LogP contribution in [0.15, 0.2) is 53.2 Å². The average Bonchev–Trinajstić information content (AvgIpc) is 3.23. The highest BCUT2D eigenvalue weighted by Crippen LogP contribution is 2.24. The number of amides is 1. The number of aromatic nitrogens is 2. The predicted molar refractivity (Wildman–Crippen MR) is 109 cm³/mol. The van der Waals surface area contributed by atoms with Crippen LogP contribution in [0, 0.1) is 5.82 Å². The van der Waals surface area contributed by atoms with Crippen LogP contribution in [0.4, 0.5) is 15.9 Å². The predicted octanol–water partition coefficient (Wildman–Crippen LogP) is 4.44. The SMILES string of the molecule is O=C(CCc1ncc(-c2ccccc2F)o1)Nc1ccc(N2CCCCC2)nc1. The third-order valence-electron chi connectivity index (χ3n) is 4.97. The summed E-state index contributed by atoms with van der Waals surface area (Å²) in [4.78, 5) is 23.1. The van der Waals surface area contributed by atoms with Crippen LogP contribution in [0.2, 0.25) is 0 Å². The van der Waals surface area contributed by atoms with Gasteiger partial charge in [0.15, 0.2) is 11.7 Å². The minimum absolute atomic E-state index is 0.150. The first-order chi connectivity index (χ1) is 14.2. The summed E-state index contributed by atoms with van der Waals surface area (Å²) in [5.41, 5.74) is 1.02. The molecule has 3 heterocycles. The number of hydrogen-bond donors (Lipinski definition) is 1. The monoisotopic (exact) mass is 394 g/mol. The van der Waals surface area contributed by atoms with Crippen LogP contribution < -0.4 is 10.2 Å². The molecule has 0 unspecified atom stereocenters. The fourth-order valence-corrected chi connectivity index (χ4v) is 3.43. The molecule has 150 valence electrons. The van der Waals surface area contributed by atoms with Crippen molar-refractivity contribution in [2.24, 2.45) is 0 Å². The number of piperidine rings is 1. The summed E-state index contributed by atoms with van der Waals surface area (Å²) in [5, 5.41) is 2.84. The standard InChI is InChI=1S/C22H23FN4O2/c23-18-7-3-2-6-17(18)19-15-25-22(29-19)11-10-21(28)26-16-8-9-20(24-14-16)27-12-4-1-5-13-27/h2-3,6-9,14-15H,1,4-5,10-13H2,(H,26,28). The number of nitrogens with one attached hydrogen (secondary N) is 1. The molecule has 0 bridgehead atoms. The van der Waals surface area contributed by atoms with Crippen LogP contribution in [-0.4, -0.2) is 29.0 Å². The molecule has 1 amide bonds. The molecule has 1 aliphatic heterocycles. The lowest BCUT2D eigenvalue weighted by Crippen LogP contribution is -2.30. The van der Waals surface area contributed by atoms with Gasteiger partial charge in [0, 0.05) is 25.9 Å². The summed E-state index contributed by atoms with van der Waals surface area (Å²) in [7, 11) is 0. The van der Waals surface area contributed by atoms with Crippen molar-refractivity contribution in [1.29, 1.82) is 0 Å². The average molecular weight is 394 g/mol. The third kappa shape index (κ3) is 4.80. The van der Waals surface area contributed by atoms with Crippen LogP contribution in [0.5, 0.6) is 0 Å². The van der Waals surface area contributed by atoms with E-state index in [1.165, 1.54) is 31.5 Å². The molecule has 0 atom stereocenters. The van der Waals surface area contributed by atoms with Crippen LogP contribution in [0.1, 0.15) is 31.6 Å². The number of anilines is 2. The molecule has 0 radical (unpaired) electrons. The molecule has 7 heteroatoms. The van der Waals surface area contributed by atoms with Crippen molar-refractivity contribution in [3.8, 4) is 11.3 Å². The van der Waals surface area contributed by atoms with Gasteiger partial charge in [0.05, 0.1) is 23.6 Å². The normalized spacial score (nSPS) is 14.0. The van der Waals surface area contributed by atoms with E-state index in [-0.39, 0.29) is 18.1 Å². The van der Waals surface area contributed by atoms with Gasteiger partial charge < -0.3 is 14.6 Å². The van der Waals surface area contributed by atoms with E-state index in [0.29, 0.717) is 29.3 Å². The van der Waals surface area contributed by atoms with Crippen molar-refractivity contribution >= 4 is 17.4 Å². The lowest BCUT2D eigenvalue weighted by atomic mass is 10.1. The molecule has 29 heavy (non-hydrogen) atoms. The number of rotatable bonds is 6. The highest BCUT2D eigenvalue weighted by molar-refractivity contribution is 5.90. The molecule has 0 saturated carbocycles. The third-order valence-corrected chi connectivity index (χ3v) is 4.97. The number of carbonyl (C=O) groups excluding carboxylic acids is 1. The zero-order valence-corrected chi connectivity index (χ0v) is 16.1. The molecule has 0 spiro atoms. The quantitative estimate of drug-likeness (QED) is 0.669. The molecule has 2 aromatic heterocycles. The summed E-state index contributed by atoms with van der Waals surface area (Å²) in [5.74, 6) is 1.19. The molecule has 0 aliphatic carbocycles. The maximum Gasteiger partial charge on any atom is 0.224 e. The Morgan fingerprint density at radius 3 is 2.66 bits per heavy atom. The molecular formula is C22H23FN4O2. The summed E-state index contributed by atoms with van der Waals surface area (Å²) in [6.07, 6.45) is 7.37. The van der Waals surface area contributed by atoms with Crippen molar-refractivity contribution in [3.63, 3.8) is 0 Å². The number of carbonyl (C=O) groups is 1. The Balaban J connectivity index is 1.30. The fraction of sp³-hybridized carbons (Fsp3) is 0.318. The van der Waals surface area contributed by atoms with Gasteiger partial charge in [-0.05, 0) is 43.5 Å². The topological polar surface area (TPSA) is 71.3 Å². The maximum atomic E-state index is 13.8. The number of halogens is 1. The Labute approximate surface area is 168 Å². The fourth-order valence-electron chi connectivity index (χ4n) is 3.43. The second-order valence-corrected chi connectivity index (χ2v) is 7.10. The Morgan fingerprint density at radius 1 is 1.07 bits per heavy atom. The number of nitrogens with zero attached hydrogens (tertiary/aromatic N) is 3. The summed E-state index contributed by atoms with van der Waals surface area (Å²) in [6.45, 7) is 2.06. The lowest BCUT2D eigenvalue weighted by molar-refractivity contribution is -0.116. The van der Waals surface area contributed by atoms with E-state index >= 15 is 0 Å². The van der Waals surface area contributed by atoms with Gasteiger partial charge in [0.1, 0.15) is 11.6 Å². The first-order valence-corrected chi connectivity index (χ1v) is 9.89. The van der Waals surface area contributed by atoms with Crippen LogP contribution in [0.25, 0.3) is 11.3 Å². The minimum atomic E-state index is -0.367. The highest BCUT2D eigenvalue weighted by atomic mass is 19.1. The van der Waals surface area contributed by atoms with Crippen molar-refractivity contribution in [1.82, 2.24) is 9.97 Å². The van der Waals surface area contributed by atoms with Gasteiger partial charge in [-0.25, -0.2) is 14.4 Å². The van der Waals surface area contributed by atoms with Gasteiger partial charge >= 0.3 is 0 Å². The molecule has 3 aromatic rings. The van der Waals surface area contributed by atoms with E-state index in [2.05, 4.69) is 20.2 Å². The number of aryl methyl sites for hydroxylation is 1. The molecular weight excluding hydrogens is 371 g/mol. The molecule has 1 fully saturated rings. The van der Waals surface area contributed by atoms with Crippen molar-refractivity contribution in [2.45, 2.75) is 32.1 Å². The Hall–Kier alpha value is -3.22. The van der Waals surface area contributed by atoms with Crippen LogP contribution >= 0.6 is 0 Å². The lowest BCUT2D eigenvalue weighted by Gasteiger charge is -2.27. The van der Waals surface area contributed by atoms with E-state index in [9.17, 15) is 9.18 Å². The Bertz CT molecular complexity index is 965. The number of benzene rings is 1. The molecule has 1 saturated heterocycles. The van der Waals surface area contributed by atoms with Crippen LogP contribution in [0.3, 0.4) is 0 Å². The van der Waals surface area contributed by atoms with Gasteiger partial charge in [-0.3, -0.25) is 4.79 Å². The summed E-state index contributed by atoms with van der Waals surface area (Å²) >= 11 is 0. The first-order valence-electron chi connectivity index (χ1n) is 9.89. The van der Waals surface area contributed by atoms with Crippen LogP contribution in [-0.2, 0) is 11.2 Å². The number of hydrogen-bond acceptors (Lipinski definition) is 5. The smallest absolute Gasteiger partial charge is 0.224 e. The van der Waals surface area contributed by atoms with Gasteiger partial charge in [-0.15, -0.1) is 0 Å². The van der Waals surface area contributed by atoms with E-state index in [4.69, 9.17) is 4.42 Å². The Morgan fingerprint density at radius 2 is 1.90 bits per heavy atom. The van der Waals surface area contributed by atoms with E-state index < -0.39 is 0 Å². The minimum Gasteiger partial charge on any atom is -0.441 e. The molecule has 1 aliphatic rings. The number of oxazole rings is 1. The van der Waals surface area contributed by atoms with Gasteiger partial charge in [0.2, 0.25) is 5.91 Å². The molecule has 4 rings (SSSR count). The zero-order valence-electron chi connectivity index (χ0n) is 16.1. The van der Waals surface area contributed by atoms with Crippen molar-refractivity contribution in [2.75, 3.05) is 23.3 Å². The molecule has 1 N–H and O–H groups in total. The first kappa shape index (κ1) is 19.1. The molecule has 1 aromatic carbocycles. The Kier molecular flexibility index (Phi) is 5.84. The van der Waals surface area contributed by atoms with Crippen molar-refractivity contribution < 1.29 is 13.6 Å². The highest BCUT2D eigenvalue weighted by Gasteiger charge is 2.13. The summed E-state index contributed by atoms with van der Waals surface area (Å²) in [6, 6.07) is 10.2.